The Labute approximate surface area is 152 Å². The maximum absolute atomic E-state index is 12.4. The summed E-state index contributed by atoms with van der Waals surface area (Å²) in [4.78, 5) is 24.7. The number of hydrogen-bond donors (Lipinski definition) is 2. The molecule has 1 heterocycles. The molecule has 2 amide bonds. The molecule has 2 rings (SSSR count). The van der Waals surface area contributed by atoms with E-state index in [2.05, 4.69) is 10.6 Å². The summed E-state index contributed by atoms with van der Waals surface area (Å²) in [6.07, 6.45) is 2.33. The van der Waals surface area contributed by atoms with Gasteiger partial charge in [-0.15, -0.1) is 0 Å². The Bertz CT molecular complexity index is 681. The molecule has 0 aliphatic rings. The van der Waals surface area contributed by atoms with Crippen LogP contribution in [0.2, 0.25) is 5.02 Å². The van der Waals surface area contributed by atoms with Crippen molar-refractivity contribution in [1.29, 1.82) is 0 Å². The fourth-order valence-electron chi connectivity index (χ4n) is 2.45. The quantitative estimate of drug-likeness (QED) is 0.756. The Kier molecular flexibility index (Phi) is 7.07. The van der Waals surface area contributed by atoms with E-state index in [4.69, 9.17) is 16.0 Å². The first-order valence-electron chi connectivity index (χ1n) is 8.28. The van der Waals surface area contributed by atoms with Crippen molar-refractivity contribution in [3.63, 3.8) is 0 Å². The number of hydrogen-bond acceptors (Lipinski definition) is 3. The van der Waals surface area contributed by atoms with Gasteiger partial charge in [0.1, 0.15) is 11.8 Å². The first-order valence-corrected chi connectivity index (χ1v) is 8.65. The standard InChI is InChI=1S/C19H23ClN2O3/c1-13(2)10-17(19(24)21-12-16-4-3-9-25-16)22-18(23)11-14-5-7-15(20)8-6-14/h3-9,13,17H,10-12H2,1-2H3,(H,21,24)(H,22,23)/t17-/m0/s1. The van der Waals surface area contributed by atoms with Crippen LogP contribution in [-0.4, -0.2) is 17.9 Å². The maximum atomic E-state index is 12.4. The van der Waals surface area contributed by atoms with Crippen molar-refractivity contribution in [3.05, 3.63) is 59.0 Å². The summed E-state index contributed by atoms with van der Waals surface area (Å²) in [5.74, 6) is 0.537. The number of furan rings is 1. The highest BCUT2D eigenvalue weighted by molar-refractivity contribution is 6.30. The minimum absolute atomic E-state index is 0.193. The monoisotopic (exact) mass is 362 g/mol. The van der Waals surface area contributed by atoms with Crippen LogP contribution in [0.5, 0.6) is 0 Å². The number of benzene rings is 1. The van der Waals surface area contributed by atoms with Crippen molar-refractivity contribution in [3.8, 4) is 0 Å². The zero-order chi connectivity index (χ0) is 18.2. The van der Waals surface area contributed by atoms with Crippen LogP contribution in [0.15, 0.2) is 47.1 Å². The van der Waals surface area contributed by atoms with E-state index in [-0.39, 0.29) is 24.2 Å². The summed E-state index contributed by atoms with van der Waals surface area (Å²) in [5, 5.41) is 6.25. The molecule has 0 bridgehead atoms. The fourth-order valence-corrected chi connectivity index (χ4v) is 2.57. The Morgan fingerprint density at radius 2 is 1.88 bits per heavy atom. The van der Waals surface area contributed by atoms with Gasteiger partial charge < -0.3 is 15.1 Å². The third-order valence-electron chi connectivity index (χ3n) is 3.65. The Balaban J connectivity index is 1.92. The van der Waals surface area contributed by atoms with E-state index in [9.17, 15) is 9.59 Å². The Morgan fingerprint density at radius 3 is 2.48 bits per heavy atom. The Morgan fingerprint density at radius 1 is 1.16 bits per heavy atom. The first kappa shape index (κ1) is 19.1. The van der Waals surface area contributed by atoms with Gasteiger partial charge in [-0.2, -0.15) is 0 Å². The van der Waals surface area contributed by atoms with Gasteiger partial charge in [0, 0.05) is 5.02 Å². The molecule has 0 aliphatic carbocycles. The molecule has 1 atom stereocenters. The molecular weight excluding hydrogens is 340 g/mol. The van der Waals surface area contributed by atoms with Gasteiger partial charge in [0.15, 0.2) is 0 Å². The van der Waals surface area contributed by atoms with Crippen molar-refractivity contribution in [2.45, 2.75) is 39.3 Å². The molecule has 2 aromatic rings. The van der Waals surface area contributed by atoms with Gasteiger partial charge in [-0.1, -0.05) is 37.6 Å². The van der Waals surface area contributed by atoms with Crippen molar-refractivity contribution in [1.82, 2.24) is 10.6 Å². The van der Waals surface area contributed by atoms with Crippen LogP contribution < -0.4 is 10.6 Å². The van der Waals surface area contributed by atoms with Crippen LogP contribution in [0.25, 0.3) is 0 Å². The second-order valence-corrected chi connectivity index (χ2v) is 6.79. The van der Waals surface area contributed by atoms with Gasteiger partial charge in [0.05, 0.1) is 19.2 Å². The third kappa shape index (κ3) is 6.63. The molecule has 0 radical (unpaired) electrons. The van der Waals surface area contributed by atoms with Gasteiger partial charge in [-0.05, 0) is 42.2 Å². The summed E-state index contributed by atoms with van der Waals surface area (Å²) in [7, 11) is 0. The van der Waals surface area contributed by atoms with Crippen molar-refractivity contribution < 1.29 is 14.0 Å². The zero-order valence-electron chi connectivity index (χ0n) is 14.4. The molecule has 0 saturated carbocycles. The molecule has 1 aromatic carbocycles. The van der Waals surface area contributed by atoms with Crippen LogP contribution >= 0.6 is 11.6 Å². The second-order valence-electron chi connectivity index (χ2n) is 6.35. The molecule has 25 heavy (non-hydrogen) atoms. The molecule has 0 saturated heterocycles. The van der Waals surface area contributed by atoms with Crippen molar-refractivity contribution in [2.24, 2.45) is 5.92 Å². The van der Waals surface area contributed by atoms with Crippen LogP contribution in [0, 0.1) is 5.92 Å². The minimum atomic E-state index is -0.574. The first-order chi connectivity index (χ1) is 11.9. The minimum Gasteiger partial charge on any atom is -0.467 e. The number of carbonyl (C=O) groups is 2. The van der Waals surface area contributed by atoms with Crippen LogP contribution in [-0.2, 0) is 22.6 Å². The highest BCUT2D eigenvalue weighted by Gasteiger charge is 2.22. The topological polar surface area (TPSA) is 71.3 Å². The highest BCUT2D eigenvalue weighted by Crippen LogP contribution is 2.11. The predicted octanol–water partition coefficient (Wildman–Crippen LogP) is 3.32. The Hall–Kier alpha value is -2.27. The number of carbonyl (C=O) groups excluding carboxylic acids is 2. The molecule has 134 valence electrons. The van der Waals surface area contributed by atoms with Crippen LogP contribution in [0.1, 0.15) is 31.6 Å². The average molecular weight is 363 g/mol. The molecule has 0 unspecified atom stereocenters. The summed E-state index contributed by atoms with van der Waals surface area (Å²) in [6, 6.07) is 10.1. The molecule has 1 aromatic heterocycles. The summed E-state index contributed by atoms with van der Waals surface area (Å²) in [6.45, 7) is 4.32. The predicted molar refractivity (Wildman–Crippen MR) is 97.1 cm³/mol. The lowest BCUT2D eigenvalue weighted by atomic mass is 10.0. The van der Waals surface area contributed by atoms with Crippen molar-refractivity contribution >= 4 is 23.4 Å². The SMILES string of the molecule is CC(C)C[C@H](NC(=O)Cc1ccc(Cl)cc1)C(=O)NCc1ccco1. The van der Waals surface area contributed by atoms with E-state index >= 15 is 0 Å². The van der Waals surface area contributed by atoms with Gasteiger partial charge in [-0.25, -0.2) is 0 Å². The second kappa shape index (κ2) is 9.28. The molecule has 5 nitrogen and oxygen atoms in total. The van der Waals surface area contributed by atoms with Crippen LogP contribution in [0.4, 0.5) is 0 Å². The summed E-state index contributed by atoms with van der Waals surface area (Å²) >= 11 is 5.85. The lowest BCUT2D eigenvalue weighted by Crippen LogP contribution is -2.47. The van der Waals surface area contributed by atoms with E-state index in [0.29, 0.717) is 23.7 Å². The smallest absolute Gasteiger partial charge is 0.242 e. The van der Waals surface area contributed by atoms with Crippen LogP contribution in [0.3, 0.4) is 0 Å². The van der Waals surface area contributed by atoms with E-state index in [1.165, 1.54) is 0 Å². The van der Waals surface area contributed by atoms with E-state index in [1.54, 1.807) is 42.7 Å². The van der Waals surface area contributed by atoms with Gasteiger partial charge in [0.2, 0.25) is 11.8 Å². The molecule has 2 N–H and O–H groups in total. The summed E-state index contributed by atoms with van der Waals surface area (Å²) in [5.41, 5.74) is 0.848. The molecule has 0 spiro atoms. The number of rotatable bonds is 8. The zero-order valence-corrected chi connectivity index (χ0v) is 15.2. The number of amides is 2. The summed E-state index contributed by atoms with van der Waals surface area (Å²) < 4.78 is 5.20. The highest BCUT2D eigenvalue weighted by atomic mass is 35.5. The number of halogens is 1. The molecule has 0 aliphatic heterocycles. The molecule has 0 fully saturated rings. The number of nitrogens with one attached hydrogen (secondary N) is 2. The third-order valence-corrected chi connectivity index (χ3v) is 3.91. The van der Waals surface area contributed by atoms with E-state index in [1.807, 2.05) is 13.8 Å². The van der Waals surface area contributed by atoms with Crippen molar-refractivity contribution in [2.75, 3.05) is 0 Å². The van der Waals surface area contributed by atoms with Gasteiger partial charge in [-0.3, -0.25) is 9.59 Å². The van der Waals surface area contributed by atoms with E-state index < -0.39 is 6.04 Å². The molecule has 6 heteroatoms. The van der Waals surface area contributed by atoms with E-state index in [0.717, 1.165) is 5.56 Å². The van der Waals surface area contributed by atoms with Gasteiger partial charge >= 0.3 is 0 Å². The molecular formula is C19H23ClN2O3. The fraction of sp³-hybridized carbons (Fsp3) is 0.368. The lowest BCUT2D eigenvalue weighted by molar-refractivity contribution is -0.129. The van der Waals surface area contributed by atoms with Gasteiger partial charge in [0.25, 0.3) is 0 Å². The lowest BCUT2D eigenvalue weighted by Gasteiger charge is -2.20. The maximum Gasteiger partial charge on any atom is 0.242 e. The normalized spacial score (nSPS) is 12.0. The average Bonchev–Trinajstić information content (AvgIpc) is 3.07. The largest absolute Gasteiger partial charge is 0.467 e.